The van der Waals surface area contributed by atoms with Gasteiger partial charge in [-0.05, 0) is 85.8 Å². The minimum atomic E-state index is 0.639. The van der Waals surface area contributed by atoms with E-state index >= 15 is 0 Å². The Labute approximate surface area is 252 Å². The SMILES string of the molecule is Cc1ccc(-c2cccc3c4cccc(-c5ccc(C)cc5C)c4n(-c4ccc(C#N)c(-c5ccncc5)c4)c23)c(C)c1. The molecule has 0 aliphatic heterocycles. The number of aromatic nitrogens is 2. The number of pyridine rings is 1. The number of nitriles is 1. The molecule has 0 bridgehead atoms. The molecule has 0 N–H and O–H groups in total. The number of rotatable bonds is 4. The predicted molar refractivity (Wildman–Crippen MR) is 179 cm³/mol. The summed E-state index contributed by atoms with van der Waals surface area (Å²) in [4.78, 5) is 4.21. The molecule has 0 unspecified atom stereocenters. The first-order chi connectivity index (χ1) is 20.9. The Bertz CT molecular complexity index is 2120. The Kier molecular flexibility index (Phi) is 6.41. The van der Waals surface area contributed by atoms with Crippen LogP contribution in [0.15, 0.2) is 116 Å². The zero-order chi connectivity index (χ0) is 29.7. The Morgan fingerprint density at radius 3 is 1.63 bits per heavy atom. The van der Waals surface area contributed by atoms with E-state index in [-0.39, 0.29) is 0 Å². The van der Waals surface area contributed by atoms with E-state index < -0.39 is 0 Å². The van der Waals surface area contributed by atoms with Crippen LogP contribution in [-0.4, -0.2) is 9.55 Å². The van der Waals surface area contributed by atoms with E-state index in [4.69, 9.17) is 0 Å². The van der Waals surface area contributed by atoms with Gasteiger partial charge in [0.25, 0.3) is 0 Å². The molecule has 2 aromatic heterocycles. The summed E-state index contributed by atoms with van der Waals surface area (Å²) in [5, 5.41) is 12.5. The molecule has 43 heavy (non-hydrogen) atoms. The minimum Gasteiger partial charge on any atom is -0.308 e. The van der Waals surface area contributed by atoms with Crippen molar-refractivity contribution in [1.82, 2.24) is 9.55 Å². The second kappa shape index (κ2) is 10.4. The van der Waals surface area contributed by atoms with Gasteiger partial charge in [-0.25, -0.2) is 0 Å². The van der Waals surface area contributed by atoms with E-state index in [0.717, 1.165) is 27.8 Å². The van der Waals surface area contributed by atoms with Crippen molar-refractivity contribution in [2.45, 2.75) is 27.7 Å². The normalized spacial score (nSPS) is 11.2. The zero-order valence-electron chi connectivity index (χ0n) is 24.8. The zero-order valence-corrected chi connectivity index (χ0v) is 24.8. The van der Waals surface area contributed by atoms with E-state index in [0.29, 0.717) is 5.56 Å². The van der Waals surface area contributed by atoms with Crippen molar-refractivity contribution in [1.29, 1.82) is 5.26 Å². The Hall–Kier alpha value is -5.46. The van der Waals surface area contributed by atoms with E-state index in [1.807, 2.05) is 18.2 Å². The lowest BCUT2D eigenvalue weighted by Gasteiger charge is -2.17. The smallest absolute Gasteiger partial charge is 0.0998 e. The molecular formula is C40H31N3. The van der Waals surface area contributed by atoms with Crippen LogP contribution >= 0.6 is 0 Å². The van der Waals surface area contributed by atoms with Crippen molar-refractivity contribution in [2.24, 2.45) is 0 Å². The molecule has 0 atom stereocenters. The van der Waals surface area contributed by atoms with Gasteiger partial charge in [0.2, 0.25) is 0 Å². The van der Waals surface area contributed by atoms with Crippen LogP contribution in [0.1, 0.15) is 27.8 Å². The highest BCUT2D eigenvalue weighted by molar-refractivity contribution is 6.17. The molecule has 0 spiro atoms. The number of aryl methyl sites for hydroxylation is 4. The third-order valence-electron chi connectivity index (χ3n) is 8.53. The van der Waals surface area contributed by atoms with E-state index in [2.05, 4.69) is 128 Å². The van der Waals surface area contributed by atoms with Crippen LogP contribution in [0, 0.1) is 39.0 Å². The van der Waals surface area contributed by atoms with Crippen molar-refractivity contribution in [3.05, 3.63) is 143 Å². The predicted octanol–water partition coefficient (Wildman–Crippen LogP) is 10.3. The molecule has 0 aliphatic rings. The lowest BCUT2D eigenvalue weighted by Crippen LogP contribution is -1.99. The van der Waals surface area contributed by atoms with Gasteiger partial charge in [0.1, 0.15) is 0 Å². The highest BCUT2D eigenvalue weighted by Gasteiger charge is 2.21. The van der Waals surface area contributed by atoms with E-state index in [9.17, 15) is 5.26 Å². The summed E-state index contributed by atoms with van der Waals surface area (Å²) < 4.78 is 2.42. The number of hydrogen-bond acceptors (Lipinski definition) is 2. The molecule has 0 saturated carbocycles. The number of benzene rings is 5. The van der Waals surface area contributed by atoms with E-state index in [1.54, 1.807) is 12.4 Å². The molecule has 3 heteroatoms. The third kappa shape index (κ3) is 4.40. The fraction of sp³-hybridized carbons (Fsp3) is 0.100. The summed E-state index contributed by atoms with van der Waals surface area (Å²) in [6.45, 7) is 8.67. The number of hydrogen-bond donors (Lipinski definition) is 0. The van der Waals surface area contributed by atoms with Crippen molar-refractivity contribution in [3.63, 3.8) is 0 Å². The fourth-order valence-corrected chi connectivity index (χ4v) is 6.58. The quantitative estimate of drug-likeness (QED) is 0.218. The van der Waals surface area contributed by atoms with Gasteiger partial charge in [0, 0.05) is 45.5 Å². The van der Waals surface area contributed by atoms with Crippen molar-refractivity contribution in [2.75, 3.05) is 0 Å². The molecule has 7 rings (SSSR count). The van der Waals surface area contributed by atoms with Gasteiger partial charge in [-0.1, -0.05) is 83.9 Å². The van der Waals surface area contributed by atoms with Gasteiger partial charge in [0.15, 0.2) is 0 Å². The lowest BCUT2D eigenvalue weighted by molar-refractivity contribution is 1.18. The molecular weight excluding hydrogens is 522 g/mol. The Morgan fingerprint density at radius 1 is 0.558 bits per heavy atom. The second-order valence-electron chi connectivity index (χ2n) is 11.5. The number of para-hydroxylation sites is 2. The van der Waals surface area contributed by atoms with Gasteiger partial charge < -0.3 is 4.57 Å². The van der Waals surface area contributed by atoms with Crippen LogP contribution in [0.5, 0.6) is 0 Å². The average molecular weight is 554 g/mol. The van der Waals surface area contributed by atoms with Gasteiger partial charge in [-0.2, -0.15) is 5.26 Å². The molecule has 7 aromatic rings. The van der Waals surface area contributed by atoms with Crippen LogP contribution in [0.4, 0.5) is 0 Å². The summed E-state index contributed by atoms with van der Waals surface area (Å²) in [6, 6.07) is 39.2. The highest BCUT2D eigenvalue weighted by atomic mass is 15.0. The molecule has 5 aromatic carbocycles. The monoisotopic (exact) mass is 553 g/mol. The molecule has 3 nitrogen and oxygen atoms in total. The minimum absolute atomic E-state index is 0.639. The third-order valence-corrected chi connectivity index (χ3v) is 8.53. The van der Waals surface area contributed by atoms with Crippen LogP contribution in [-0.2, 0) is 0 Å². The summed E-state index contributed by atoms with van der Waals surface area (Å²) >= 11 is 0. The highest BCUT2D eigenvalue weighted by Crippen LogP contribution is 2.43. The number of nitrogens with zero attached hydrogens (tertiary/aromatic N) is 3. The van der Waals surface area contributed by atoms with E-state index in [1.165, 1.54) is 55.3 Å². The standard InChI is InChI=1S/C40H31N3/c1-25-11-15-32(27(3)21-25)34-7-5-9-36-37-10-6-8-35(33-16-12-26(2)22-28(33)4)40(37)43(39(34)36)31-14-13-30(24-41)38(23-31)29-17-19-42-20-18-29/h5-23H,1-4H3. The van der Waals surface area contributed by atoms with Gasteiger partial charge in [-0.15, -0.1) is 0 Å². The van der Waals surface area contributed by atoms with Crippen LogP contribution < -0.4 is 0 Å². The van der Waals surface area contributed by atoms with Crippen molar-refractivity contribution in [3.8, 4) is 45.1 Å². The lowest BCUT2D eigenvalue weighted by atomic mass is 9.95. The van der Waals surface area contributed by atoms with Gasteiger partial charge >= 0.3 is 0 Å². The first-order valence-corrected chi connectivity index (χ1v) is 14.6. The van der Waals surface area contributed by atoms with Gasteiger partial charge in [-0.3, -0.25) is 4.98 Å². The number of fused-ring (bicyclic) bond motifs is 3. The Balaban J connectivity index is 1.66. The molecule has 0 radical (unpaired) electrons. The maximum Gasteiger partial charge on any atom is 0.0998 e. The summed E-state index contributed by atoms with van der Waals surface area (Å²) in [5.74, 6) is 0. The van der Waals surface area contributed by atoms with Crippen LogP contribution in [0.3, 0.4) is 0 Å². The van der Waals surface area contributed by atoms with Crippen LogP contribution in [0.2, 0.25) is 0 Å². The summed E-state index contributed by atoms with van der Waals surface area (Å²) in [5.41, 5.74) is 15.6. The molecule has 0 aliphatic carbocycles. The second-order valence-corrected chi connectivity index (χ2v) is 11.5. The van der Waals surface area contributed by atoms with Crippen molar-refractivity contribution >= 4 is 21.8 Å². The molecule has 0 saturated heterocycles. The summed E-state index contributed by atoms with van der Waals surface area (Å²) in [6.07, 6.45) is 3.56. The molecule has 2 heterocycles. The topological polar surface area (TPSA) is 41.6 Å². The molecule has 0 fully saturated rings. The fourth-order valence-electron chi connectivity index (χ4n) is 6.58. The first-order valence-electron chi connectivity index (χ1n) is 14.6. The molecule has 0 amide bonds. The largest absolute Gasteiger partial charge is 0.308 e. The average Bonchev–Trinajstić information content (AvgIpc) is 3.36. The first kappa shape index (κ1) is 26.4. The maximum atomic E-state index is 10.1. The Morgan fingerprint density at radius 2 is 1.12 bits per heavy atom. The van der Waals surface area contributed by atoms with Gasteiger partial charge in [0.05, 0.1) is 22.7 Å². The maximum absolute atomic E-state index is 10.1. The van der Waals surface area contributed by atoms with Crippen molar-refractivity contribution < 1.29 is 0 Å². The van der Waals surface area contributed by atoms with Crippen LogP contribution in [0.25, 0.3) is 60.9 Å². The molecule has 206 valence electrons. The summed E-state index contributed by atoms with van der Waals surface area (Å²) in [7, 11) is 0.